The fourth-order valence-electron chi connectivity index (χ4n) is 1.73. The van der Waals surface area contributed by atoms with Crippen LogP contribution in [0.5, 0.6) is 0 Å². The second-order valence-corrected chi connectivity index (χ2v) is 5.39. The molecular weight excluding hydrogens is 288 g/mol. The van der Waals surface area contributed by atoms with E-state index in [1.807, 2.05) is 20.8 Å². The van der Waals surface area contributed by atoms with Crippen LogP contribution in [0.4, 0.5) is 0 Å². The van der Waals surface area contributed by atoms with Gasteiger partial charge in [-0.05, 0) is 19.3 Å². The highest BCUT2D eigenvalue weighted by Gasteiger charge is 2.24. The predicted octanol–water partition coefficient (Wildman–Crippen LogP) is 2.72. The molecule has 0 bridgehead atoms. The highest BCUT2D eigenvalue weighted by Crippen LogP contribution is 2.15. The first kappa shape index (κ1) is 17.9. The Morgan fingerprint density at radius 3 is 2.50 bits per heavy atom. The van der Waals surface area contributed by atoms with Gasteiger partial charge in [0.15, 0.2) is 0 Å². The lowest BCUT2D eigenvalue weighted by molar-refractivity contribution is 0.0422. The summed E-state index contributed by atoms with van der Waals surface area (Å²) in [7, 11) is 0. The third-order valence-electron chi connectivity index (χ3n) is 2.84. The van der Waals surface area contributed by atoms with Crippen molar-refractivity contribution in [2.24, 2.45) is 5.92 Å². The van der Waals surface area contributed by atoms with Crippen molar-refractivity contribution in [3.63, 3.8) is 0 Å². The standard InChI is InChI=1S/C16H22O6/c1-5-6-7-20-15(18)12-8-13(17)22-11(4)14(12)16(19)21-9-10(2)3/h8,10H,5-7,9H2,1-4H3. The first-order chi connectivity index (χ1) is 10.4. The van der Waals surface area contributed by atoms with Crippen LogP contribution in [-0.2, 0) is 9.47 Å². The lowest BCUT2D eigenvalue weighted by atomic mass is 10.1. The molecule has 0 fully saturated rings. The summed E-state index contributed by atoms with van der Waals surface area (Å²) in [6.45, 7) is 7.63. The third-order valence-corrected chi connectivity index (χ3v) is 2.84. The molecule has 1 rings (SSSR count). The van der Waals surface area contributed by atoms with Crippen molar-refractivity contribution in [3.05, 3.63) is 33.4 Å². The molecule has 0 N–H and O–H groups in total. The van der Waals surface area contributed by atoms with Crippen molar-refractivity contribution >= 4 is 11.9 Å². The van der Waals surface area contributed by atoms with Crippen LogP contribution in [0, 0.1) is 12.8 Å². The smallest absolute Gasteiger partial charge is 0.342 e. The van der Waals surface area contributed by atoms with Gasteiger partial charge in [-0.25, -0.2) is 14.4 Å². The molecule has 0 amide bonds. The van der Waals surface area contributed by atoms with Crippen LogP contribution in [-0.4, -0.2) is 25.2 Å². The minimum Gasteiger partial charge on any atom is -0.462 e. The van der Waals surface area contributed by atoms with Gasteiger partial charge < -0.3 is 13.9 Å². The molecule has 1 aromatic rings. The van der Waals surface area contributed by atoms with Gasteiger partial charge in [0.1, 0.15) is 11.3 Å². The zero-order chi connectivity index (χ0) is 16.7. The van der Waals surface area contributed by atoms with Crippen LogP contribution in [0.1, 0.15) is 60.1 Å². The average molecular weight is 310 g/mol. The molecule has 0 spiro atoms. The van der Waals surface area contributed by atoms with E-state index in [9.17, 15) is 14.4 Å². The summed E-state index contributed by atoms with van der Waals surface area (Å²) in [6.07, 6.45) is 1.58. The fraction of sp³-hybridized carbons (Fsp3) is 0.562. The second-order valence-electron chi connectivity index (χ2n) is 5.39. The van der Waals surface area contributed by atoms with Crippen LogP contribution >= 0.6 is 0 Å². The van der Waals surface area contributed by atoms with Crippen LogP contribution < -0.4 is 5.63 Å². The summed E-state index contributed by atoms with van der Waals surface area (Å²) >= 11 is 0. The molecule has 6 nitrogen and oxygen atoms in total. The first-order valence-electron chi connectivity index (χ1n) is 7.35. The SMILES string of the molecule is CCCCOC(=O)c1cc(=O)oc(C)c1C(=O)OCC(C)C. The Bertz CT molecular complexity index is 585. The van der Waals surface area contributed by atoms with Gasteiger partial charge in [0, 0.05) is 6.07 Å². The topological polar surface area (TPSA) is 82.8 Å². The predicted molar refractivity (Wildman–Crippen MR) is 80.0 cm³/mol. The molecular formula is C16H22O6. The minimum atomic E-state index is -0.721. The van der Waals surface area contributed by atoms with Crippen molar-refractivity contribution in [1.82, 2.24) is 0 Å². The highest BCUT2D eigenvalue weighted by molar-refractivity contribution is 6.03. The molecule has 0 saturated carbocycles. The van der Waals surface area contributed by atoms with E-state index in [-0.39, 0.29) is 36.0 Å². The van der Waals surface area contributed by atoms with Crippen LogP contribution in [0.15, 0.2) is 15.3 Å². The Kier molecular flexibility index (Phi) is 6.82. The lowest BCUT2D eigenvalue weighted by Gasteiger charge is -2.11. The van der Waals surface area contributed by atoms with E-state index in [0.717, 1.165) is 12.5 Å². The Hall–Kier alpha value is -2.11. The first-order valence-corrected chi connectivity index (χ1v) is 7.35. The molecule has 0 aliphatic rings. The minimum absolute atomic E-state index is 0.0451. The Balaban J connectivity index is 3.06. The summed E-state index contributed by atoms with van der Waals surface area (Å²) in [5.41, 5.74) is -0.874. The zero-order valence-corrected chi connectivity index (χ0v) is 13.4. The summed E-state index contributed by atoms with van der Waals surface area (Å²) in [6, 6.07) is 0.966. The number of carbonyl (C=O) groups is 2. The van der Waals surface area contributed by atoms with Gasteiger partial charge >= 0.3 is 17.6 Å². The maximum Gasteiger partial charge on any atom is 0.342 e. The van der Waals surface area contributed by atoms with E-state index < -0.39 is 17.6 Å². The quantitative estimate of drug-likeness (QED) is 0.569. The van der Waals surface area contributed by atoms with E-state index in [0.29, 0.717) is 6.42 Å². The van der Waals surface area contributed by atoms with Crippen molar-refractivity contribution in [2.45, 2.75) is 40.5 Å². The summed E-state index contributed by atoms with van der Waals surface area (Å²) in [4.78, 5) is 35.7. The number of ether oxygens (including phenoxy) is 2. The average Bonchev–Trinajstić information content (AvgIpc) is 2.44. The van der Waals surface area contributed by atoms with Gasteiger partial charge in [-0.15, -0.1) is 0 Å². The maximum absolute atomic E-state index is 12.1. The summed E-state index contributed by atoms with van der Waals surface area (Å²) < 4.78 is 15.1. The fourth-order valence-corrected chi connectivity index (χ4v) is 1.73. The molecule has 0 atom stereocenters. The molecule has 0 aliphatic carbocycles. The molecule has 0 unspecified atom stereocenters. The van der Waals surface area contributed by atoms with Crippen molar-refractivity contribution < 1.29 is 23.5 Å². The third kappa shape index (κ3) is 5.02. The molecule has 1 aromatic heterocycles. The Labute approximate surface area is 129 Å². The maximum atomic E-state index is 12.1. The van der Waals surface area contributed by atoms with Crippen molar-refractivity contribution in [2.75, 3.05) is 13.2 Å². The summed E-state index contributed by atoms with van der Waals surface area (Å²) in [5.74, 6) is -1.22. The van der Waals surface area contributed by atoms with Gasteiger partial charge in [-0.3, -0.25) is 0 Å². The van der Waals surface area contributed by atoms with Crippen molar-refractivity contribution in [1.29, 1.82) is 0 Å². The zero-order valence-electron chi connectivity index (χ0n) is 13.4. The number of hydrogen-bond donors (Lipinski definition) is 0. The number of rotatable bonds is 7. The van der Waals surface area contributed by atoms with Gasteiger partial charge in [-0.1, -0.05) is 27.2 Å². The van der Waals surface area contributed by atoms with Crippen LogP contribution in [0.2, 0.25) is 0 Å². The Morgan fingerprint density at radius 1 is 1.23 bits per heavy atom. The van der Waals surface area contributed by atoms with E-state index in [1.165, 1.54) is 6.92 Å². The number of aryl methyl sites for hydroxylation is 1. The molecule has 6 heteroatoms. The van der Waals surface area contributed by atoms with E-state index in [1.54, 1.807) is 0 Å². The number of carbonyl (C=O) groups excluding carboxylic acids is 2. The monoisotopic (exact) mass is 310 g/mol. The van der Waals surface area contributed by atoms with Crippen LogP contribution in [0.25, 0.3) is 0 Å². The number of hydrogen-bond acceptors (Lipinski definition) is 6. The largest absolute Gasteiger partial charge is 0.462 e. The number of unbranched alkanes of at least 4 members (excludes halogenated alkanes) is 1. The normalized spacial score (nSPS) is 10.6. The van der Waals surface area contributed by atoms with Crippen LogP contribution in [0.3, 0.4) is 0 Å². The molecule has 22 heavy (non-hydrogen) atoms. The molecule has 0 aromatic carbocycles. The molecule has 0 aliphatic heterocycles. The molecule has 122 valence electrons. The number of esters is 2. The van der Waals surface area contributed by atoms with Gasteiger partial charge in [0.25, 0.3) is 0 Å². The summed E-state index contributed by atoms with van der Waals surface area (Å²) in [5, 5.41) is 0. The van der Waals surface area contributed by atoms with Gasteiger partial charge in [0.2, 0.25) is 0 Å². The van der Waals surface area contributed by atoms with E-state index in [4.69, 9.17) is 13.9 Å². The molecule has 1 heterocycles. The second kappa shape index (κ2) is 8.36. The lowest BCUT2D eigenvalue weighted by Crippen LogP contribution is -2.20. The highest BCUT2D eigenvalue weighted by atomic mass is 16.5. The van der Waals surface area contributed by atoms with Gasteiger partial charge in [0.05, 0.1) is 18.8 Å². The molecule has 0 radical (unpaired) electrons. The van der Waals surface area contributed by atoms with E-state index >= 15 is 0 Å². The Morgan fingerprint density at radius 2 is 1.91 bits per heavy atom. The van der Waals surface area contributed by atoms with E-state index in [2.05, 4.69) is 0 Å². The van der Waals surface area contributed by atoms with Crippen molar-refractivity contribution in [3.8, 4) is 0 Å². The molecule has 0 saturated heterocycles. The van der Waals surface area contributed by atoms with Gasteiger partial charge in [-0.2, -0.15) is 0 Å².